The van der Waals surface area contributed by atoms with Crippen LogP contribution in [0, 0.1) is 5.92 Å². The summed E-state index contributed by atoms with van der Waals surface area (Å²) < 4.78 is 6.27. The number of hydrogen-bond donors (Lipinski definition) is 0. The topological polar surface area (TPSA) is 9.23 Å². The summed E-state index contributed by atoms with van der Waals surface area (Å²) in [4.78, 5) is 0. The van der Waals surface area contributed by atoms with Gasteiger partial charge in [0.05, 0.1) is 0 Å². The van der Waals surface area contributed by atoms with Gasteiger partial charge in [0.15, 0.2) is 8.32 Å². The van der Waals surface area contributed by atoms with Gasteiger partial charge in [-0.1, -0.05) is 40.0 Å². The van der Waals surface area contributed by atoms with Gasteiger partial charge < -0.3 is 4.43 Å². The minimum Gasteiger partial charge on any atom is -0.417 e. The highest BCUT2D eigenvalue weighted by molar-refractivity contribution is 6.74. The smallest absolute Gasteiger partial charge is 0.191 e. The maximum atomic E-state index is 6.27. The van der Waals surface area contributed by atoms with Gasteiger partial charge in [0, 0.05) is 6.61 Å². The minimum absolute atomic E-state index is 0.363. The van der Waals surface area contributed by atoms with Crippen molar-refractivity contribution in [1.82, 2.24) is 0 Å². The first-order chi connectivity index (χ1) is 6.83. The lowest BCUT2D eigenvalue weighted by Gasteiger charge is -2.37. The monoisotopic (exact) mass is 228 g/mol. The zero-order valence-corrected chi connectivity index (χ0v) is 12.2. The Morgan fingerprint density at radius 3 is 2.07 bits per heavy atom. The molecule has 0 bridgehead atoms. The van der Waals surface area contributed by atoms with E-state index in [0.717, 1.165) is 12.5 Å². The van der Waals surface area contributed by atoms with Crippen LogP contribution in [0.25, 0.3) is 0 Å². The number of hydrogen-bond acceptors (Lipinski definition) is 1. The third-order valence-corrected chi connectivity index (χ3v) is 8.71. The molecule has 0 spiro atoms. The van der Waals surface area contributed by atoms with Gasteiger partial charge in [-0.05, 0) is 36.9 Å². The molecule has 1 aliphatic rings. The van der Waals surface area contributed by atoms with Gasteiger partial charge in [-0.15, -0.1) is 0 Å². The molecule has 15 heavy (non-hydrogen) atoms. The molecule has 0 aromatic rings. The van der Waals surface area contributed by atoms with Gasteiger partial charge in [0.2, 0.25) is 0 Å². The Kier molecular flexibility index (Phi) is 4.42. The Labute approximate surface area is 96.7 Å². The van der Waals surface area contributed by atoms with E-state index in [4.69, 9.17) is 4.43 Å². The fraction of sp³-hybridized carbons (Fsp3) is 1.00. The summed E-state index contributed by atoms with van der Waals surface area (Å²) in [5, 5.41) is 0.363. The Morgan fingerprint density at radius 2 is 1.60 bits per heavy atom. The molecular weight excluding hydrogens is 200 g/mol. The van der Waals surface area contributed by atoms with Crippen molar-refractivity contribution in [3.8, 4) is 0 Å². The molecule has 0 aromatic heterocycles. The van der Waals surface area contributed by atoms with Crippen molar-refractivity contribution >= 4 is 8.32 Å². The maximum absolute atomic E-state index is 6.27. The second kappa shape index (κ2) is 5.01. The summed E-state index contributed by atoms with van der Waals surface area (Å²) in [6.07, 6.45) is 7.08. The van der Waals surface area contributed by atoms with E-state index in [1.165, 1.54) is 32.1 Å². The quantitative estimate of drug-likeness (QED) is 0.642. The molecule has 1 aliphatic carbocycles. The molecule has 1 rings (SSSR count). The summed E-state index contributed by atoms with van der Waals surface area (Å²) >= 11 is 0. The van der Waals surface area contributed by atoms with Crippen LogP contribution in [0.2, 0.25) is 18.1 Å². The molecule has 1 nitrogen and oxygen atoms in total. The van der Waals surface area contributed by atoms with Gasteiger partial charge in [-0.25, -0.2) is 0 Å². The van der Waals surface area contributed by atoms with Crippen LogP contribution in [0.5, 0.6) is 0 Å². The average Bonchev–Trinajstić information content (AvgIpc) is 2.15. The van der Waals surface area contributed by atoms with Crippen molar-refractivity contribution in [3.05, 3.63) is 0 Å². The summed E-state index contributed by atoms with van der Waals surface area (Å²) in [5.74, 6) is 0.855. The largest absolute Gasteiger partial charge is 0.417 e. The first-order valence-corrected chi connectivity index (χ1v) is 9.38. The molecule has 0 radical (unpaired) electrons. The van der Waals surface area contributed by atoms with Gasteiger partial charge in [-0.3, -0.25) is 0 Å². The zero-order chi connectivity index (χ0) is 11.5. The number of rotatable bonds is 3. The van der Waals surface area contributed by atoms with E-state index in [-0.39, 0.29) is 0 Å². The van der Waals surface area contributed by atoms with Crippen LogP contribution in [-0.4, -0.2) is 14.9 Å². The van der Waals surface area contributed by atoms with E-state index in [2.05, 4.69) is 33.9 Å². The van der Waals surface area contributed by atoms with E-state index in [9.17, 15) is 0 Å². The van der Waals surface area contributed by atoms with Gasteiger partial charge >= 0.3 is 0 Å². The molecule has 2 heteroatoms. The first kappa shape index (κ1) is 13.2. The minimum atomic E-state index is -1.49. The highest BCUT2D eigenvalue weighted by atomic mass is 28.4. The normalized spacial score (nSPS) is 20.6. The van der Waals surface area contributed by atoms with Gasteiger partial charge in [0.25, 0.3) is 0 Å². The highest BCUT2D eigenvalue weighted by Crippen LogP contribution is 2.37. The van der Waals surface area contributed by atoms with Crippen molar-refractivity contribution in [2.75, 3.05) is 6.61 Å². The third kappa shape index (κ3) is 3.91. The predicted molar refractivity (Wildman–Crippen MR) is 69.7 cm³/mol. The fourth-order valence-electron chi connectivity index (χ4n) is 1.90. The SMILES string of the molecule is CC(C)(C)[Si](C)(C)OCC1CCCCC1. The van der Waals surface area contributed by atoms with Crippen LogP contribution in [0.4, 0.5) is 0 Å². The third-order valence-electron chi connectivity index (χ3n) is 4.21. The van der Waals surface area contributed by atoms with E-state index < -0.39 is 8.32 Å². The van der Waals surface area contributed by atoms with E-state index in [1.807, 2.05) is 0 Å². The standard InChI is InChI=1S/C13H28OSi/c1-13(2,3)15(4,5)14-11-12-9-7-6-8-10-12/h12H,6-11H2,1-5H3. The van der Waals surface area contributed by atoms with Crippen molar-refractivity contribution in [3.63, 3.8) is 0 Å². The van der Waals surface area contributed by atoms with Gasteiger partial charge in [-0.2, -0.15) is 0 Å². The molecule has 0 N–H and O–H groups in total. The fourth-order valence-corrected chi connectivity index (χ4v) is 2.98. The van der Waals surface area contributed by atoms with Crippen LogP contribution >= 0.6 is 0 Å². The summed E-state index contributed by atoms with van der Waals surface area (Å²) in [7, 11) is -1.49. The van der Waals surface area contributed by atoms with Crippen LogP contribution in [0.1, 0.15) is 52.9 Å². The molecule has 1 saturated carbocycles. The molecule has 0 amide bonds. The lowest BCUT2D eigenvalue weighted by atomic mass is 9.90. The Balaban J connectivity index is 2.35. The summed E-state index contributed by atoms with van der Waals surface area (Å²) in [6.45, 7) is 12.7. The average molecular weight is 228 g/mol. The Morgan fingerprint density at radius 1 is 1.07 bits per heavy atom. The van der Waals surface area contributed by atoms with Crippen molar-refractivity contribution in [2.24, 2.45) is 5.92 Å². The van der Waals surface area contributed by atoms with Crippen LogP contribution in [0.3, 0.4) is 0 Å². The molecular formula is C13H28OSi. The first-order valence-electron chi connectivity index (χ1n) is 6.47. The lowest BCUT2D eigenvalue weighted by molar-refractivity contribution is 0.193. The molecule has 1 fully saturated rings. The van der Waals surface area contributed by atoms with Gasteiger partial charge in [0.1, 0.15) is 0 Å². The molecule has 0 heterocycles. The van der Waals surface area contributed by atoms with Crippen molar-refractivity contribution in [1.29, 1.82) is 0 Å². The molecule has 90 valence electrons. The van der Waals surface area contributed by atoms with E-state index in [1.54, 1.807) is 0 Å². The second-order valence-corrected chi connectivity index (χ2v) is 11.4. The molecule has 0 aliphatic heterocycles. The summed E-state index contributed by atoms with van der Waals surface area (Å²) in [5.41, 5.74) is 0. The van der Waals surface area contributed by atoms with Crippen LogP contribution < -0.4 is 0 Å². The highest BCUT2D eigenvalue weighted by Gasteiger charge is 2.37. The van der Waals surface area contributed by atoms with Crippen molar-refractivity contribution < 1.29 is 4.43 Å². The van der Waals surface area contributed by atoms with Crippen molar-refractivity contribution in [2.45, 2.75) is 71.0 Å². The Bertz CT molecular complexity index is 187. The predicted octanol–water partition coefficient (Wildman–Crippen LogP) is 4.59. The van der Waals surface area contributed by atoms with E-state index in [0.29, 0.717) is 5.04 Å². The molecule has 0 unspecified atom stereocenters. The van der Waals surface area contributed by atoms with E-state index >= 15 is 0 Å². The van der Waals surface area contributed by atoms with Crippen LogP contribution in [-0.2, 0) is 4.43 Å². The summed E-state index contributed by atoms with van der Waals surface area (Å²) in [6, 6.07) is 0. The maximum Gasteiger partial charge on any atom is 0.191 e. The molecule has 0 aromatic carbocycles. The lowest BCUT2D eigenvalue weighted by Crippen LogP contribution is -2.42. The van der Waals surface area contributed by atoms with Crippen LogP contribution in [0.15, 0.2) is 0 Å². The molecule has 0 atom stereocenters. The molecule has 0 saturated heterocycles. The Hall–Kier alpha value is 0.177. The second-order valence-electron chi connectivity index (χ2n) is 6.58. The zero-order valence-electron chi connectivity index (χ0n) is 11.2.